The molecule has 0 bridgehead atoms. The van der Waals surface area contributed by atoms with Gasteiger partial charge in [0, 0.05) is 13.2 Å². The Bertz CT molecular complexity index is 360. The number of carbonyl (C=O) groups is 1. The lowest BCUT2D eigenvalue weighted by molar-refractivity contribution is -0.112. The Balaban J connectivity index is 2.84. The van der Waals surface area contributed by atoms with Crippen molar-refractivity contribution in [2.24, 2.45) is 0 Å². The number of anilines is 1. The van der Waals surface area contributed by atoms with Gasteiger partial charge in [-0.1, -0.05) is 23.7 Å². The summed E-state index contributed by atoms with van der Waals surface area (Å²) in [7, 11) is 1.85. The summed E-state index contributed by atoms with van der Waals surface area (Å²) in [5.74, 6) is 0.0175. The molecule has 1 aromatic rings. The molecule has 1 aromatic carbocycles. The van der Waals surface area contributed by atoms with Crippen LogP contribution in [0.5, 0.6) is 0 Å². The minimum atomic E-state index is 0.0175. The molecule has 0 N–H and O–H groups in total. The lowest BCUT2D eigenvalue weighted by atomic mass is 10.3. The molecule has 0 aromatic heterocycles. The average Bonchev–Trinajstić information content (AvgIpc) is 2.15. The van der Waals surface area contributed by atoms with Crippen molar-refractivity contribution in [3.8, 4) is 0 Å². The summed E-state index contributed by atoms with van der Waals surface area (Å²) >= 11 is 5.97. The fourth-order valence-corrected chi connectivity index (χ4v) is 1.30. The van der Waals surface area contributed by atoms with Gasteiger partial charge >= 0.3 is 0 Å². The van der Waals surface area contributed by atoms with Crippen molar-refractivity contribution in [3.63, 3.8) is 0 Å². The molecule has 0 fully saturated rings. The summed E-state index contributed by atoms with van der Waals surface area (Å²) in [6.07, 6.45) is 3.20. The maximum absolute atomic E-state index is 10.7. The van der Waals surface area contributed by atoms with Crippen molar-refractivity contribution in [1.29, 1.82) is 0 Å². The SMILES string of the molecule is CC(=O)C=CN(C)c1ccccc1Cl. The average molecular weight is 210 g/mol. The number of para-hydroxylation sites is 1. The van der Waals surface area contributed by atoms with E-state index in [4.69, 9.17) is 11.6 Å². The van der Waals surface area contributed by atoms with E-state index in [0.717, 1.165) is 5.69 Å². The van der Waals surface area contributed by atoms with Gasteiger partial charge in [0.15, 0.2) is 5.78 Å². The number of rotatable bonds is 3. The van der Waals surface area contributed by atoms with Crippen molar-refractivity contribution in [2.75, 3.05) is 11.9 Å². The van der Waals surface area contributed by atoms with Crippen LogP contribution in [0.15, 0.2) is 36.5 Å². The van der Waals surface area contributed by atoms with Crippen LogP contribution < -0.4 is 4.90 Å². The van der Waals surface area contributed by atoms with Crippen molar-refractivity contribution in [3.05, 3.63) is 41.6 Å². The van der Waals surface area contributed by atoms with Crippen LogP contribution in [0.1, 0.15) is 6.92 Å². The highest BCUT2D eigenvalue weighted by molar-refractivity contribution is 6.33. The van der Waals surface area contributed by atoms with Gasteiger partial charge in [-0.15, -0.1) is 0 Å². The Morgan fingerprint density at radius 3 is 2.64 bits per heavy atom. The first kappa shape index (κ1) is 10.8. The lowest BCUT2D eigenvalue weighted by Crippen LogP contribution is -2.08. The molecule has 0 aliphatic carbocycles. The Hall–Kier alpha value is -1.28. The monoisotopic (exact) mass is 209 g/mol. The van der Waals surface area contributed by atoms with Crippen LogP contribution >= 0.6 is 11.6 Å². The van der Waals surface area contributed by atoms with Gasteiger partial charge < -0.3 is 4.90 Å². The first-order chi connectivity index (χ1) is 6.61. The quantitative estimate of drug-likeness (QED) is 0.714. The number of carbonyl (C=O) groups excluding carboxylic acids is 1. The van der Waals surface area contributed by atoms with Crippen molar-refractivity contribution >= 4 is 23.1 Å². The van der Waals surface area contributed by atoms with E-state index in [2.05, 4.69) is 0 Å². The molecule has 0 aliphatic heterocycles. The van der Waals surface area contributed by atoms with Crippen molar-refractivity contribution in [2.45, 2.75) is 6.92 Å². The number of ketones is 1. The summed E-state index contributed by atoms with van der Waals surface area (Å²) in [5, 5.41) is 0.670. The van der Waals surface area contributed by atoms with Gasteiger partial charge in [-0.2, -0.15) is 0 Å². The highest BCUT2D eigenvalue weighted by Gasteiger charge is 2.01. The molecule has 0 saturated carbocycles. The molecular formula is C11H12ClNO. The van der Waals surface area contributed by atoms with E-state index in [0.29, 0.717) is 5.02 Å². The maximum Gasteiger partial charge on any atom is 0.154 e. The molecule has 74 valence electrons. The van der Waals surface area contributed by atoms with E-state index in [1.807, 2.05) is 36.2 Å². The fraction of sp³-hybridized carbons (Fsp3) is 0.182. The zero-order valence-electron chi connectivity index (χ0n) is 8.20. The van der Waals surface area contributed by atoms with Crippen LogP contribution in [0, 0.1) is 0 Å². The summed E-state index contributed by atoms with van der Waals surface area (Å²) in [5.41, 5.74) is 0.881. The Labute approximate surface area is 88.8 Å². The molecule has 14 heavy (non-hydrogen) atoms. The lowest BCUT2D eigenvalue weighted by Gasteiger charge is -2.14. The van der Waals surface area contributed by atoms with Gasteiger partial charge in [0.2, 0.25) is 0 Å². The molecule has 0 amide bonds. The van der Waals surface area contributed by atoms with Gasteiger partial charge in [-0.25, -0.2) is 0 Å². The predicted octanol–water partition coefficient (Wildman–Crippen LogP) is 2.88. The normalized spacial score (nSPS) is 10.5. The molecule has 0 aliphatic rings. The number of benzene rings is 1. The highest BCUT2D eigenvalue weighted by atomic mass is 35.5. The van der Waals surface area contributed by atoms with Crippen LogP contribution in [0.4, 0.5) is 5.69 Å². The minimum absolute atomic E-state index is 0.0175. The van der Waals surface area contributed by atoms with Gasteiger partial charge in [0.25, 0.3) is 0 Å². The van der Waals surface area contributed by atoms with Gasteiger partial charge in [0.1, 0.15) is 0 Å². The minimum Gasteiger partial charge on any atom is -0.350 e. The standard InChI is InChI=1S/C11H12ClNO/c1-9(14)7-8-13(2)11-6-4-3-5-10(11)12/h3-8H,1-2H3. The third-order valence-corrected chi connectivity index (χ3v) is 2.08. The molecule has 3 heteroatoms. The van der Waals surface area contributed by atoms with Gasteiger partial charge in [-0.3, -0.25) is 4.79 Å². The Morgan fingerprint density at radius 1 is 1.43 bits per heavy atom. The molecule has 1 rings (SSSR count). The van der Waals surface area contributed by atoms with E-state index in [1.54, 1.807) is 6.20 Å². The molecule has 0 heterocycles. The van der Waals surface area contributed by atoms with E-state index in [9.17, 15) is 4.79 Å². The first-order valence-electron chi connectivity index (χ1n) is 4.27. The summed E-state index contributed by atoms with van der Waals surface area (Å²) in [6.45, 7) is 1.51. The molecule has 0 atom stereocenters. The Morgan fingerprint density at radius 2 is 2.07 bits per heavy atom. The van der Waals surface area contributed by atoms with Crippen molar-refractivity contribution in [1.82, 2.24) is 0 Å². The zero-order chi connectivity index (χ0) is 10.6. The van der Waals surface area contributed by atoms with Crippen LogP contribution in [-0.2, 0) is 4.79 Å². The third-order valence-electron chi connectivity index (χ3n) is 1.77. The molecule has 0 radical (unpaired) electrons. The third kappa shape index (κ3) is 2.89. The smallest absolute Gasteiger partial charge is 0.154 e. The maximum atomic E-state index is 10.7. The van der Waals surface area contributed by atoms with Crippen LogP contribution in [0.2, 0.25) is 5.02 Å². The van der Waals surface area contributed by atoms with Crippen LogP contribution in [0.25, 0.3) is 0 Å². The van der Waals surface area contributed by atoms with E-state index < -0.39 is 0 Å². The fourth-order valence-electron chi connectivity index (χ4n) is 1.03. The number of nitrogens with zero attached hydrogens (tertiary/aromatic N) is 1. The van der Waals surface area contributed by atoms with E-state index in [1.165, 1.54) is 13.0 Å². The highest BCUT2D eigenvalue weighted by Crippen LogP contribution is 2.23. The van der Waals surface area contributed by atoms with E-state index in [-0.39, 0.29) is 5.78 Å². The Kier molecular flexibility index (Phi) is 3.72. The summed E-state index contributed by atoms with van der Waals surface area (Å²) in [6, 6.07) is 7.48. The number of hydrogen-bond donors (Lipinski definition) is 0. The van der Waals surface area contributed by atoms with Gasteiger partial charge in [0.05, 0.1) is 10.7 Å². The second-order valence-electron chi connectivity index (χ2n) is 2.99. The summed E-state index contributed by atoms with van der Waals surface area (Å²) < 4.78 is 0. The molecule has 2 nitrogen and oxygen atoms in total. The predicted molar refractivity (Wildman–Crippen MR) is 59.7 cm³/mol. The molecule has 0 spiro atoms. The summed E-state index contributed by atoms with van der Waals surface area (Å²) in [4.78, 5) is 12.5. The number of halogens is 1. The second-order valence-corrected chi connectivity index (χ2v) is 3.40. The van der Waals surface area contributed by atoms with Gasteiger partial charge in [-0.05, 0) is 25.1 Å². The van der Waals surface area contributed by atoms with Crippen LogP contribution in [0.3, 0.4) is 0 Å². The van der Waals surface area contributed by atoms with E-state index >= 15 is 0 Å². The second kappa shape index (κ2) is 4.82. The van der Waals surface area contributed by atoms with Crippen LogP contribution in [-0.4, -0.2) is 12.8 Å². The van der Waals surface area contributed by atoms with Crippen molar-refractivity contribution < 1.29 is 4.79 Å². The molecule has 0 saturated heterocycles. The molecular weight excluding hydrogens is 198 g/mol. The topological polar surface area (TPSA) is 20.3 Å². The molecule has 0 unspecified atom stereocenters. The number of allylic oxidation sites excluding steroid dienone is 1. The first-order valence-corrected chi connectivity index (χ1v) is 4.65. The number of hydrogen-bond acceptors (Lipinski definition) is 2. The largest absolute Gasteiger partial charge is 0.350 e. The zero-order valence-corrected chi connectivity index (χ0v) is 8.95.